The average Bonchev–Trinajstić information content (AvgIpc) is 2.61. The number of amides is 2. The summed E-state index contributed by atoms with van der Waals surface area (Å²) in [5.41, 5.74) is 4.45. The lowest BCUT2D eigenvalue weighted by Crippen LogP contribution is -2.35. The van der Waals surface area contributed by atoms with Crippen LogP contribution in [0.4, 0.5) is 5.69 Å². The van der Waals surface area contributed by atoms with E-state index in [1.807, 2.05) is 39.0 Å². The third-order valence-electron chi connectivity index (χ3n) is 4.12. The quantitative estimate of drug-likeness (QED) is 0.808. The minimum atomic E-state index is -0.731. The van der Waals surface area contributed by atoms with Crippen LogP contribution in [0.3, 0.4) is 0 Å². The highest BCUT2D eigenvalue weighted by Gasteiger charge is 2.16. The molecular weight excluding hydrogens is 332 g/mol. The second-order valence-electron chi connectivity index (χ2n) is 6.09. The maximum atomic E-state index is 12.2. The second kappa shape index (κ2) is 8.38. The van der Waals surface area contributed by atoms with E-state index in [1.165, 1.54) is 14.2 Å². The highest BCUT2D eigenvalue weighted by molar-refractivity contribution is 6.39. The van der Waals surface area contributed by atoms with Gasteiger partial charge in [0.05, 0.1) is 14.2 Å². The molecule has 0 aliphatic heterocycles. The summed E-state index contributed by atoms with van der Waals surface area (Å²) in [5, 5.41) is 5.25. The molecule has 0 radical (unpaired) electrons. The van der Waals surface area contributed by atoms with Crippen molar-refractivity contribution >= 4 is 17.5 Å². The number of aryl methyl sites for hydroxylation is 3. The summed E-state index contributed by atoms with van der Waals surface area (Å²) in [6, 6.07) is 9.32. The molecule has 26 heavy (non-hydrogen) atoms. The van der Waals surface area contributed by atoms with Crippen LogP contribution >= 0.6 is 0 Å². The number of rotatable bonds is 5. The third kappa shape index (κ3) is 4.53. The molecule has 0 spiro atoms. The molecule has 0 heterocycles. The van der Waals surface area contributed by atoms with E-state index in [0.29, 0.717) is 23.7 Å². The Balaban J connectivity index is 2.04. The van der Waals surface area contributed by atoms with Gasteiger partial charge in [-0.1, -0.05) is 23.8 Å². The van der Waals surface area contributed by atoms with E-state index in [4.69, 9.17) is 9.47 Å². The molecular formula is C20H24N2O4. The topological polar surface area (TPSA) is 76.7 Å². The van der Waals surface area contributed by atoms with Crippen molar-refractivity contribution < 1.29 is 19.1 Å². The minimum absolute atomic E-state index is 0.295. The monoisotopic (exact) mass is 356 g/mol. The number of hydrogen-bond acceptors (Lipinski definition) is 4. The number of benzene rings is 2. The first kappa shape index (κ1) is 19.3. The van der Waals surface area contributed by atoms with Crippen LogP contribution in [0.1, 0.15) is 22.3 Å². The van der Waals surface area contributed by atoms with E-state index >= 15 is 0 Å². The van der Waals surface area contributed by atoms with Crippen molar-refractivity contribution in [1.82, 2.24) is 5.32 Å². The predicted molar refractivity (Wildman–Crippen MR) is 101 cm³/mol. The summed E-state index contributed by atoms with van der Waals surface area (Å²) < 4.78 is 10.4. The predicted octanol–water partition coefficient (Wildman–Crippen LogP) is 2.88. The van der Waals surface area contributed by atoms with Crippen LogP contribution in [0.15, 0.2) is 30.3 Å². The van der Waals surface area contributed by atoms with Gasteiger partial charge in [-0.15, -0.1) is 0 Å². The summed E-state index contributed by atoms with van der Waals surface area (Å²) in [6.45, 7) is 6.09. The number of ether oxygens (including phenoxy) is 2. The van der Waals surface area contributed by atoms with E-state index in [-0.39, 0.29) is 0 Å². The molecule has 0 aromatic heterocycles. The first-order chi connectivity index (χ1) is 12.3. The zero-order valence-electron chi connectivity index (χ0n) is 15.7. The maximum Gasteiger partial charge on any atom is 0.313 e. The largest absolute Gasteiger partial charge is 0.493 e. The zero-order valence-corrected chi connectivity index (χ0v) is 15.7. The van der Waals surface area contributed by atoms with Gasteiger partial charge >= 0.3 is 11.8 Å². The molecule has 2 amide bonds. The molecule has 2 N–H and O–H groups in total. The van der Waals surface area contributed by atoms with E-state index < -0.39 is 11.8 Å². The highest BCUT2D eigenvalue weighted by Crippen LogP contribution is 2.32. The van der Waals surface area contributed by atoms with Gasteiger partial charge in [0.15, 0.2) is 11.5 Å². The summed E-state index contributed by atoms with van der Waals surface area (Å²) in [5.74, 6) is -0.393. The van der Waals surface area contributed by atoms with Gasteiger partial charge in [0, 0.05) is 18.3 Å². The lowest BCUT2D eigenvalue weighted by Gasteiger charge is -2.14. The van der Waals surface area contributed by atoms with Crippen LogP contribution in [0.25, 0.3) is 0 Å². The van der Waals surface area contributed by atoms with Crippen LogP contribution in [0.2, 0.25) is 0 Å². The van der Waals surface area contributed by atoms with Crippen LogP contribution in [-0.2, 0) is 16.1 Å². The maximum absolute atomic E-state index is 12.2. The molecule has 138 valence electrons. The molecule has 0 saturated carbocycles. The van der Waals surface area contributed by atoms with Gasteiger partial charge in [0.2, 0.25) is 0 Å². The molecule has 0 atom stereocenters. The Morgan fingerprint density at radius 2 is 1.54 bits per heavy atom. The van der Waals surface area contributed by atoms with E-state index in [0.717, 1.165) is 22.3 Å². The average molecular weight is 356 g/mol. The standard InChI is InChI=1S/C20H24N2O4/c1-12-6-7-15(13(2)8-12)11-21-19(23)20(24)22-16-10-18(26-5)17(25-4)9-14(16)3/h6-10H,11H2,1-5H3,(H,21,23)(H,22,24). The molecule has 2 aromatic rings. The van der Waals surface area contributed by atoms with Crippen molar-refractivity contribution in [2.75, 3.05) is 19.5 Å². The number of carbonyl (C=O) groups excluding carboxylic acids is 2. The smallest absolute Gasteiger partial charge is 0.313 e. The fraction of sp³-hybridized carbons (Fsp3) is 0.300. The van der Waals surface area contributed by atoms with E-state index in [2.05, 4.69) is 10.6 Å². The van der Waals surface area contributed by atoms with Gasteiger partial charge in [-0.05, 0) is 43.5 Å². The van der Waals surface area contributed by atoms with Crippen molar-refractivity contribution in [3.8, 4) is 11.5 Å². The summed E-state index contributed by atoms with van der Waals surface area (Å²) in [7, 11) is 3.05. The molecule has 2 rings (SSSR count). The molecule has 0 saturated heterocycles. The van der Waals surface area contributed by atoms with E-state index in [9.17, 15) is 9.59 Å². The molecule has 0 aliphatic carbocycles. The van der Waals surface area contributed by atoms with Crippen LogP contribution in [0, 0.1) is 20.8 Å². The first-order valence-electron chi connectivity index (χ1n) is 8.23. The van der Waals surface area contributed by atoms with Crippen LogP contribution in [0.5, 0.6) is 11.5 Å². The Bertz CT molecular complexity index is 831. The fourth-order valence-electron chi connectivity index (χ4n) is 2.59. The highest BCUT2D eigenvalue weighted by atomic mass is 16.5. The van der Waals surface area contributed by atoms with Crippen molar-refractivity contribution in [3.05, 3.63) is 52.6 Å². The Hall–Kier alpha value is -3.02. The summed E-state index contributed by atoms with van der Waals surface area (Å²) in [4.78, 5) is 24.3. The Labute approximate surface area is 153 Å². The fourth-order valence-corrected chi connectivity index (χ4v) is 2.59. The molecule has 6 nitrogen and oxygen atoms in total. The van der Waals surface area contributed by atoms with Gasteiger partial charge in [0.1, 0.15) is 0 Å². The number of anilines is 1. The SMILES string of the molecule is COc1cc(C)c(NC(=O)C(=O)NCc2ccc(C)cc2C)cc1OC. The van der Waals surface area contributed by atoms with Crippen LogP contribution in [-0.4, -0.2) is 26.0 Å². The first-order valence-corrected chi connectivity index (χ1v) is 8.23. The second-order valence-corrected chi connectivity index (χ2v) is 6.09. The van der Waals surface area contributed by atoms with E-state index in [1.54, 1.807) is 12.1 Å². The molecule has 0 bridgehead atoms. The summed E-state index contributed by atoms with van der Waals surface area (Å²) in [6.07, 6.45) is 0. The lowest BCUT2D eigenvalue weighted by molar-refractivity contribution is -0.136. The number of methoxy groups -OCH3 is 2. The number of hydrogen-bond donors (Lipinski definition) is 2. The van der Waals surface area contributed by atoms with Gasteiger partial charge in [0.25, 0.3) is 0 Å². The Morgan fingerprint density at radius 3 is 2.15 bits per heavy atom. The Morgan fingerprint density at radius 1 is 0.885 bits per heavy atom. The van der Waals surface area contributed by atoms with Crippen molar-refractivity contribution in [2.45, 2.75) is 27.3 Å². The third-order valence-corrected chi connectivity index (χ3v) is 4.12. The van der Waals surface area contributed by atoms with Crippen molar-refractivity contribution in [2.24, 2.45) is 0 Å². The molecule has 6 heteroatoms. The molecule has 0 unspecified atom stereocenters. The zero-order chi connectivity index (χ0) is 19.3. The van der Waals surface area contributed by atoms with Crippen molar-refractivity contribution in [1.29, 1.82) is 0 Å². The number of carbonyl (C=O) groups is 2. The molecule has 0 aliphatic rings. The molecule has 2 aromatic carbocycles. The van der Waals surface area contributed by atoms with Gasteiger partial charge < -0.3 is 20.1 Å². The molecule has 0 fully saturated rings. The van der Waals surface area contributed by atoms with Gasteiger partial charge in [-0.2, -0.15) is 0 Å². The lowest BCUT2D eigenvalue weighted by atomic mass is 10.1. The summed E-state index contributed by atoms with van der Waals surface area (Å²) >= 11 is 0. The van der Waals surface area contributed by atoms with Crippen molar-refractivity contribution in [3.63, 3.8) is 0 Å². The minimum Gasteiger partial charge on any atom is -0.493 e. The van der Waals surface area contributed by atoms with Crippen LogP contribution < -0.4 is 20.1 Å². The van der Waals surface area contributed by atoms with Gasteiger partial charge in [-0.25, -0.2) is 0 Å². The Kier molecular flexibility index (Phi) is 6.22. The number of nitrogens with one attached hydrogen (secondary N) is 2. The normalized spacial score (nSPS) is 10.2. The van der Waals surface area contributed by atoms with Gasteiger partial charge in [-0.3, -0.25) is 9.59 Å².